The third-order valence-corrected chi connectivity index (χ3v) is 7.73. The van der Waals surface area contributed by atoms with Crippen molar-refractivity contribution in [1.29, 1.82) is 0 Å². The van der Waals surface area contributed by atoms with Gasteiger partial charge in [-0.2, -0.15) is 5.06 Å². The number of pyridine rings is 2. The van der Waals surface area contributed by atoms with Crippen molar-refractivity contribution in [2.45, 2.75) is 104 Å². The Morgan fingerprint density at radius 1 is 0.694 bits per heavy atom. The van der Waals surface area contributed by atoms with E-state index in [-0.39, 0.29) is 24.3 Å². The second kappa shape index (κ2) is 23.7. The molecule has 264 valence electrons. The van der Waals surface area contributed by atoms with E-state index in [0.29, 0.717) is 24.3 Å². The first-order valence-corrected chi connectivity index (χ1v) is 17.3. The van der Waals surface area contributed by atoms with Crippen molar-refractivity contribution in [3.63, 3.8) is 0 Å². The number of benzene rings is 2. The van der Waals surface area contributed by atoms with Crippen LogP contribution >= 0.6 is 0 Å². The summed E-state index contributed by atoms with van der Waals surface area (Å²) in [4.78, 5) is 51.3. The molecule has 0 radical (unpaired) electrons. The number of aromatic nitrogens is 2. The van der Waals surface area contributed by atoms with E-state index >= 15 is 0 Å². The molecule has 0 atom stereocenters. The van der Waals surface area contributed by atoms with E-state index in [1.165, 1.54) is 51.4 Å². The summed E-state index contributed by atoms with van der Waals surface area (Å²) in [7, 11) is 0. The van der Waals surface area contributed by atoms with Crippen molar-refractivity contribution in [2.75, 3.05) is 6.54 Å². The van der Waals surface area contributed by atoms with Crippen LogP contribution in [-0.4, -0.2) is 55.5 Å². The summed E-state index contributed by atoms with van der Waals surface area (Å²) < 4.78 is 0. The zero-order valence-corrected chi connectivity index (χ0v) is 29.0. The van der Waals surface area contributed by atoms with Gasteiger partial charge < -0.3 is 10.8 Å². The predicted octanol–water partition coefficient (Wildman–Crippen LogP) is 7.62. The Hall–Kier alpha value is -4.54. The van der Waals surface area contributed by atoms with Crippen molar-refractivity contribution >= 4 is 45.1 Å². The molecule has 2 aromatic carbocycles. The molecule has 2 aromatic heterocycles. The number of carbonyl (C=O) groups is 4. The van der Waals surface area contributed by atoms with Crippen LogP contribution in [0.3, 0.4) is 0 Å². The molecule has 0 aliphatic carbocycles. The summed E-state index contributed by atoms with van der Waals surface area (Å²) in [6.45, 7) is 5.27. The molecule has 10 heteroatoms. The maximum absolute atomic E-state index is 11.9. The first-order chi connectivity index (χ1) is 23.7. The highest BCUT2D eigenvalue weighted by molar-refractivity contribution is 6.00. The van der Waals surface area contributed by atoms with E-state index in [1.807, 2.05) is 60.8 Å². The van der Waals surface area contributed by atoms with Crippen LogP contribution in [0.1, 0.15) is 102 Å². The van der Waals surface area contributed by atoms with Gasteiger partial charge in [-0.3, -0.25) is 34.4 Å². The molecule has 0 saturated carbocycles. The average Bonchev–Trinajstić information content (AvgIpc) is 3.39. The fourth-order valence-electron chi connectivity index (χ4n) is 4.96. The summed E-state index contributed by atoms with van der Waals surface area (Å²) in [6.07, 6.45) is 16.1. The zero-order valence-electron chi connectivity index (χ0n) is 29.0. The minimum atomic E-state index is -0.854. The number of fused-ring (bicyclic) bond motifs is 2. The molecule has 4 N–H and O–H groups in total. The highest BCUT2D eigenvalue weighted by Crippen LogP contribution is 2.15. The summed E-state index contributed by atoms with van der Waals surface area (Å²) >= 11 is 0. The quantitative estimate of drug-likeness (QED) is 0.0694. The summed E-state index contributed by atoms with van der Waals surface area (Å²) in [5.74, 6) is -1.55. The molecule has 0 bridgehead atoms. The number of carbonyl (C=O) groups excluding carboxylic acids is 3. The SMILES string of the molecule is CCCCCCCC(=O)Cc1cc2ccccc2cn1.CCCCCCN.O=C(O)Cc1cc2ccccc2cn1.O=C1CCC(=O)N1O. The molecule has 49 heavy (non-hydrogen) atoms. The molecule has 3 heterocycles. The molecular formula is C39H52N4O6. The number of carboxylic acid groups (broad SMARTS) is 1. The van der Waals surface area contributed by atoms with Gasteiger partial charge in [-0.1, -0.05) is 107 Å². The largest absolute Gasteiger partial charge is 0.481 e. The maximum atomic E-state index is 11.9. The van der Waals surface area contributed by atoms with Crippen LogP contribution in [0.2, 0.25) is 0 Å². The van der Waals surface area contributed by atoms with Gasteiger partial charge in [-0.15, -0.1) is 0 Å². The minimum absolute atomic E-state index is 0.0230. The Morgan fingerprint density at radius 3 is 1.57 bits per heavy atom. The molecular weight excluding hydrogens is 620 g/mol. The number of hydrogen-bond donors (Lipinski definition) is 3. The molecule has 1 aliphatic heterocycles. The summed E-state index contributed by atoms with van der Waals surface area (Å²) in [5, 5.41) is 21.5. The number of nitrogens with zero attached hydrogens (tertiary/aromatic N) is 3. The molecule has 10 nitrogen and oxygen atoms in total. The predicted molar refractivity (Wildman–Crippen MR) is 193 cm³/mol. The van der Waals surface area contributed by atoms with E-state index in [0.717, 1.165) is 40.2 Å². The first kappa shape index (κ1) is 40.6. The number of hydroxylamine groups is 2. The lowest BCUT2D eigenvalue weighted by Crippen LogP contribution is -2.24. The number of hydrogen-bond acceptors (Lipinski definition) is 8. The van der Waals surface area contributed by atoms with Crippen LogP contribution in [0.15, 0.2) is 73.1 Å². The van der Waals surface area contributed by atoms with Gasteiger partial charge in [0.2, 0.25) is 0 Å². The van der Waals surface area contributed by atoms with Crippen molar-refractivity contribution in [3.8, 4) is 0 Å². The Labute approximate surface area is 289 Å². The van der Waals surface area contributed by atoms with Crippen molar-refractivity contribution in [3.05, 3.63) is 84.4 Å². The lowest BCUT2D eigenvalue weighted by Gasteiger charge is -2.03. The molecule has 4 aromatic rings. The van der Waals surface area contributed by atoms with Crippen molar-refractivity contribution in [1.82, 2.24) is 15.0 Å². The lowest BCUT2D eigenvalue weighted by molar-refractivity contribution is -0.171. The minimum Gasteiger partial charge on any atom is -0.481 e. The topological polar surface area (TPSA) is 164 Å². The average molecular weight is 673 g/mol. The smallest absolute Gasteiger partial charge is 0.309 e. The maximum Gasteiger partial charge on any atom is 0.309 e. The van der Waals surface area contributed by atoms with Crippen molar-refractivity contribution in [2.24, 2.45) is 5.73 Å². The standard InChI is InChI=1S/C18H23NO.C11H9NO2.C6H15N.C4H5NO3/c1-2-3-4-5-6-11-18(20)13-17-12-15-9-7-8-10-16(15)14-19-17;13-11(14)6-10-5-8-3-1-2-4-9(8)7-12-10;1-2-3-4-5-6-7;6-3-1-2-4(7)5(3)8/h7-10,12,14H,2-6,11,13H2,1H3;1-5,7H,6H2,(H,13,14);2-7H2,1H3;8H,1-2H2. The fraction of sp³-hybridized carbons (Fsp3) is 0.436. The molecule has 1 aliphatic rings. The highest BCUT2D eigenvalue weighted by Gasteiger charge is 2.26. The Kier molecular flexibility index (Phi) is 19.7. The lowest BCUT2D eigenvalue weighted by atomic mass is 10.0. The third kappa shape index (κ3) is 16.4. The second-order valence-electron chi connectivity index (χ2n) is 11.9. The Bertz CT molecular complexity index is 1590. The summed E-state index contributed by atoms with van der Waals surface area (Å²) in [6, 6.07) is 19.7. The highest BCUT2D eigenvalue weighted by atomic mass is 16.5. The molecule has 1 fully saturated rings. The molecule has 0 spiro atoms. The van der Waals surface area contributed by atoms with Crippen LogP contribution < -0.4 is 5.73 Å². The van der Waals surface area contributed by atoms with Crippen LogP contribution in [-0.2, 0) is 32.0 Å². The third-order valence-electron chi connectivity index (χ3n) is 7.73. The normalized spacial score (nSPS) is 12.0. The van der Waals surface area contributed by atoms with Gasteiger partial charge in [0.15, 0.2) is 0 Å². The summed E-state index contributed by atoms with van der Waals surface area (Å²) in [5.41, 5.74) is 6.75. The fourth-order valence-corrected chi connectivity index (χ4v) is 4.96. The van der Waals surface area contributed by atoms with Crippen LogP contribution in [0, 0.1) is 0 Å². The molecule has 2 amide bonds. The van der Waals surface area contributed by atoms with E-state index in [2.05, 4.69) is 29.9 Å². The number of Topliss-reactive ketones (excluding diaryl/α,β-unsaturated/α-hetero) is 1. The van der Waals surface area contributed by atoms with E-state index in [4.69, 9.17) is 16.0 Å². The molecule has 5 rings (SSSR count). The number of aliphatic carboxylic acids is 1. The number of imide groups is 1. The van der Waals surface area contributed by atoms with E-state index < -0.39 is 17.8 Å². The molecule has 0 unspecified atom stereocenters. The van der Waals surface area contributed by atoms with Gasteiger partial charge in [-0.25, -0.2) is 0 Å². The van der Waals surface area contributed by atoms with Crippen molar-refractivity contribution < 1.29 is 29.5 Å². The second-order valence-corrected chi connectivity index (χ2v) is 11.9. The van der Waals surface area contributed by atoms with E-state index in [9.17, 15) is 19.2 Å². The van der Waals surface area contributed by atoms with Gasteiger partial charge in [0.1, 0.15) is 5.78 Å². The zero-order chi connectivity index (χ0) is 35.9. The van der Waals surface area contributed by atoms with Gasteiger partial charge in [-0.05, 0) is 42.3 Å². The van der Waals surface area contributed by atoms with Crippen LogP contribution in [0.25, 0.3) is 21.5 Å². The monoisotopic (exact) mass is 672 g/mol. The van der Waals surface area contributed by atoms with Gasteiger partial charge >= 0.3 is 5.97 Å². The Balaban J connectivity index is 0.000000248. The number of amides is 2. The number of rotatable bonds is 14. The van der Waals surface area contributed by atoms with Gasteiger partial charge in [0, 0.05) is 54.5 Å². The number of unbranched alkanes of at least 4 members (excludes halogenated alkanes) is 7. The van der Waals surface area contributed by atoms with Gasteiger partial charge in [0.05, 0.1) is 12.1 Å². The van der Waals surface area contributed by atoms with E-state index in [1.54, 1.807) is 6.20 Å². The Morgan fingerprint density at radius 2 is 1.14 bits per heavy atom. The van der Waals surface area contributed by atoms with Crippen LogP contribution in [0.4, 0.5) is 0 Å². The van der Waals surface area contributed by atoms with Gasteiger partial charge in [0.25, 0.3) is 11.8 Å². The van der Waals surface area contributed by atoms with Crippen LogP contribution in [0.5, 0.6) is 0 Å². The first-order valence-electron chi connectivity index (χ1n) is 17.3. The number of nitrogens with two attached hydrogens (primary N) is 1. The number of carboxylic acids is 1. The number of ketones is 1. The molecule has 1 saturated heterocycles.